The molecule has 1 heteroatoms. The van der Waals surface area contributed by atoms with Gasteiger partial charge in [-0.25, -0.2) is 0 Å². The molecule has 1 rings (SSSR count). The van der Waals surface area contributed by atoms with Gasteiger partial charge in [0.05, 0.1) is 5.60 Å². The van der Waals surface area contributed by atoms with Crippen LogP contribution in [0.1, 0.15) is 33.1 Å². The Morgan fingerprint density at radius 1 is 1.70 bits per heavy atom. The van der Waals surface area contributed by atoms with E-state index < -0.39 is 5.60 Å². The molecular weight excluding hydrogens is 124 g/mol. The Balaban J connectivity index is 2.65. The molecule has 1 aliphatic carbocycles. The number of hydrogen-bond acceptors (Lipinski definition) is 1. The maximum absolute atomic E-state index is 9.94. The van der Waals surface area contributed by atoms with Crippen molar-refractivity contribution in [3.63, 3.8) is 0 Å². The van der Waals surface area contributed by atoms with Crippen molar-refractivity contribution in [2.45, 2.75) is 38.7 Å². The largest absolute Gasteiger partial charge is 0.385 e. The van der Waals surface area contributed by atoms with E-state index in [1.165, 1.54) is 12.8 Å². The number of rotatable bonds is 3. The van der Waals surface area contributed by atoms with Crippen molar-refractivity contribution >= 4 is 0 Å². The van der Waals surface area contributed by atoms with E-state index in [2.05, 4.69) is 6.58 Å². The fourth-order valence-electron chi connectivity index (χ4n) is 1.50. The van der Waals surface area contributed by atoms with Crippen molar-refractivity contribution in [1.82, 2.24) is 0 Å². The summed E-state index contributed by atoms with van der Waals surface area (Å²) in [6.45, 7) is 7.75. The zero-order chi connectivity index (χ0) is 7.78. The normalized spacial score (nSPS) is 23.9. The molecule has 0 aliphatic heterocycles. The lowest BCUT2D eigenvalue weighted by Gasteiger charge is -2.26. The molecule has 1 N–H and O–H groups in total. The van der Waals surface area contributed by atoms with Crippen LogP contribution in [0.4, 0.5) is 0 Å². The van der Waals surface area contributed by atoms with Crippen LogP contribution in [-0.4, -0.2) is 10.7 Å². The SMILES string of the molecule is C=C(C)C(O)(CC)C1CC1. The van der Waals surface area contributed by atoms with Crippen molar-refractivity contribution in [3.8, 4) is 0 Å². The molecule has 1 fully saturated rings. The van der Waals surface area contributed by atoms with Crippen LogP contribution in [0.5, 0.6) is 0 Å². The summed E-state index contributed by atoms with van der Waals surface area (Å²) in [5.41, 5.74) is 0.387. The summed E-state index contributed by atoms with van der Waals surface area (Å²) in [7, 11) is 0. The summed E-state index contributed by atoms with van der Waals surface area (Å²) in [6.07, 6.45) is 3.17. The third-order valence-corrected chi connectivity index (χ3v) is 2.53. The molecule has 0 aromatic carbocycles. The van der Waals surface area contributed by atoms with Gasteiger partial charge >= 0.3 is 0 Å². The zero-order valence-electron chi connectivity index (χ0n) is 6.85. The monoisotopic (exact) mass is 140 g/mol. The van der Waals surface area contributed by atoms with Crippen LogP contribution in [0.3, 0.4) is 0 Å². The van der Waals surface area contributed by atoms with Crippen LogP contribution in [0.15, 0.2) is 12.2 Å². The van der Waals surface area contributed by atoms with E-state index in [9.17, 15) is 5.11 Å². The first kappa shape index (κ1) is 7.80. The molecule has 1 nitrogen and oxygen atoms in total. The Bertz CT molecular complexity index is 147. The van der Waals surface area contributed by atoms with Crippen molar-refractivity contribution < 1.29 is 5.11 Å². The quantitative estimate of drug-likeness (QED) is 0.595. The molecular formula is C9H16O. The van der Waals surface area contributed by atoms with Crippen molar-refractivity contribution in [3.05, 3.63) is 12.2 Å². The smallest absolute Gasteiger partial charge is 0.0876 e. The maximum Gasteiger partial charge on any atom is 0.0876 e. The summed E-state index contributed by atoms with van der Waals surface area (Å²) in [5.74, 6) is 0.509. The Morgan fingerprint density at radius 3 is 2.30 bits per heavy atom. The molecule has 1 atom stereocenters. The molecule has 1 aliphatic rings. The molecule has 0 spiro atoms. The van der Waals surface area contributed by atoms with Crippen LogP contribution in [0.25, 0.3) is 0 Å². The minimum Gasteiger partial charge on any atom is -0.385 e. The molecule has 1 saturated carbocycles. The third kappa shape index (κ3) is 1.10. The molecule has 0 saturated heterocycles. The Morgan fingerprint density at radius 2 is 2.20 bits per heavy atom. The Labute approximate surface area is 62.8 Å². The second kappa shape index (κ2) is 2.39. The van der Waals surface area contributed by atoms with Gasteiger partial charge in [-0.1, -0.05) is 13.5 Å². The lowest BCUT2D eigenvalue weighted by atomic mass is 9.88. The molecule has 0 heterocycles. The number of aliphatic hydroxyl groups is 1. The maximum atomic E-state index is 9.94. The van der Waals surface area contributed by atoms with Gasteiger partial charge in [-0.3, -0.25) is 0 Å². The van der Waals surface area contributed by atoms with Gasteiger partial charge < -0.3 is 5.11 Å². The average Bonchev–Trinajstić information content (AvgIpc) is 2.67. The first-order chi connectivity index (χ1) is 4.61. The highest BCUT2D eigenvalue weighted by Crippen LogP contribution is 2.44. The highest BCUT2D eigenvalue weighted by molar-refractivity contribution is 5.15. The summed E-state index contributed by atoms with van der Waals surface area (Å²) in [6, 6.07) is 0. The van der Waals surface area contributed by atoms with E-state index in [0.29, 0.717) is 5.92 Å². The average molecular weight is 140 g/mol. The third-order valence-electron chi connectivity index (χ3n) is 2.53. The first-order valence-electron chi connectivity index (χ1n) is 3.99. The number of hydrogen-bond donors (Lipinski definition) is 1. The van der Waals surface area contributed by atoms with Gasteiger partial charge in [0.15, 0.2) is 0 Å². The van der Waals surface area contributed by atoms with Crippen LogP contribution in [-0.2, 0) is 0 Å². The molecule has 1 unspecified atom stereocenters. The van der Waals surface area contributed by atoms with Gasteiger partial charge in [-0.05, 0) is 37.7 Å². The van der Waals surface area contributed by atoms with Gasteiger partial charge in [0.2, 0.25) is 0 Å². The molecule has 0 aromatic rings. The predicted octanol–water partition coefficient (Wildman–Crippen LogP) is 2.11. The fraction of sp³-hybridized carbons (Fsp3) is 0.778. The molecule has 58 valence electrons. The van der Waals surface area contributed by atoms with Crippen LogP contribution >= 0.6 is 0 Å². The minimum absolute atomic E-state index is 0.509. The van der Waals surface area contributed by atoms with Gasteiger partial charge in [0, 0.05) is 0 Å². The highest BCUT2D eigenvalue weighted by atomic mass is 16.3. The highest BCUT2D eigenvalue weighted by Gasteiger charge is 2.42. The summed E-state index contributed by atoms with van der Waals surface area (Å²) in [5, 5.41) is 9.94. The lowest BCUT2D eigenvalue weighted by molar-refractivity contribution is 0.0515. The molecule has 0 aromatic heterocycles. The second-order valence-electron chi connectivity index (χ2n) is 3.33. The van der Waals surface area contributed by atoms with E-state index in [0.717, 1.165) is 12.0 Å². The predicted molar refractivity (Wildman–Crippen MR) is 42.8 cm³/mol. The summed E-state index contributed by atoms with van der Waals surface area (Å²) < 4.78 is 0. The van der Waals surface area contributed by atoms with E-state index in [4.69, 9.17) is 0 Å². The van der Waals surface area contributed by atoms with Crippen LogP contribution < -0.4 is 0 Å². The first-order valence-corrected chi connectivity index (χ1v) is 3.99. The van der Waals surface area contributed by atoms with Gasteiger partial charge in [-0.15, -0.1) is 0 Å². The standard InChI is InChI=1S/C9H16O/c1-4-9(10,7(2)3)8-5-6-8/h8,10H,2,4-6H2,1,3H3. The molecule has 0 amide bonds. The zero-order valence-corrected chi connectivity index (χ0v) is 6.85. The summed E-state index contributed by atoms with van der Waals surface area (Å²) in [4.78, 5) is 0. The topological polar surface area (TPSA) is 20.2 Å². The lowest BCUT2D eigenvalue weighted by Crippen LogP contribution is -2.31. The minimum atomic E-state index is -0.542. The van der Waals surface area contributed by atoms with E-state index in [1.807, 2.05) is 13.8 Å². The van der Waals surface area contributed by atoms with Crippen LogP contribution in [0.2, 0.25) is 0 Å². The van der Waals surface area contributed by atoms with E-state index in [1.54, 1.807) is 0 Å². The van der Waals surface area contributed by atoms with E-state index >= 15 is 0 Å². The van der Waals surface area contributed by atoms with Gasteiger partial charge in [-0.2, -0.15) is 0 Å². The molecule has 0 radical (unpaired) electrons. The molecule has 10 heavy (non-hydrogen) atoms. The van der Waals surface area contributed by atoms with Crippen molar-refractivity contribution in [1.29, 1.82) is 0 Å². The summed E-state index contributed by atoms with van der Waals surface area (Å²) >= 11 is 0. The van der Waals surface area contributed by atoms with Crippen LogP contribution in [0, 0.1) is 5.92 Å². The van der Waals surface area contributed by atoms with Crippen molar-refractivity contribution in [2.75, 3.05) is 0 Å². The van der Waals surface area contributed by atoms with Crippen molar-refractivity contribution in [2.24, 2.45) is 5.92 Å². The second-order valence-corrected chi connectivity index (χ2v) is 3.33. The fourth-order valence-corrected chi connectivity index (χ4v) is 1.50. The molecule has 0 bridgehead atoms. The van der Waals surface area contributed by atoms with Gasteiger partial charge in [0.25, 0.3) is 0 Å². The Hall–Kier alpha value is -0.300. The van der Waals surface area contributed by atoms with Gasteiger partial charge in [0.1, 0.15) is 0 Å². The Kier molecular flexibility index (Phi) is 1.86. The van der Waals surface area contributed by atoms with E-state index in [-0.39, 0.29) is 0 Å².